The van der Waals surface area contributed by atoms with Crippen LogP contribution in [0.4, 0.5) is 0 Å². The van der Waals surface area contributed by atoms with E-state index in [0.29, 0.717) is 12.5 Å². The van der Waals surface area contributed by atoms with E-state index in [9.17, 15) is 14.9 Å². The van der Waals surface area contributed by atoms with Crippen LogP contribution in [-0.4, -0.2) is 36.7 Å². The fraction of sp³-hybridized carbons (Fsp3) is 0.348. The number of aryl methyl sites for hydroxylation is 1. The molecule has 7 nitrogen and oxygen atoms in total. The lowest BCUT2D eigenvalue weighted by Crippen LogP contribution is -2.31. The number of rotatable bonds is 8. The number of nitrogens with one attached hydrogen (secondary N) is 1. The molecule has 0 bridgehead atoms. The molecule has 0 aliphatic carbocycles. The highest BCUT2D eigenvalue weighted by molar-refractivity contribution is 5.99. The van der Waals surface area contributed by atoms with Gasteiger partial charge in [0.05, 0.1) is 7.11 Å². The van der Waals surface area contributed by atoms with Crippen molar-refractivity contribution in [2.24, 2.45) is 5.92 Å². The summed E-state index contributed by atoms with van der Waals surface area (Å²) in [6, 6.07) is 11.4. The van der Waals surface area contributed by atoms with Gasteiger partial charge in [-0.2, -0.15) is 5.26 Å². The van der Waals surface area contributed by atoms with Crippen LogP contribution in [0, 0.1) is 31.1 Å². The van der Waals surface area contributed by atoms with E-state index in [2.05, 4.69) is 5.32 Å². The van der Waals surface area contributed by atoms with Gasteiger partial charge in [0.15, 0.2) is 6.61 Å². The maximum absolute atomic E-state index is 12.3. The smallest absolute Gasteiger partial charge is 0.349 e. The molecule has 158 valence electrons. The molecule has 0 aliphatic rings. The lowest BCUT2D eigenvalue weighted by Gasteiger charge is -2.10. The van der Waals surface area contributed by atoms with Crippen molar-refractivity contribution in [1.29, 1.82) is 5.26 Å². The molecule has 0 aliphatic heterocycles. The number of carbonyl (C=O) groups is 2. The first-order chi connectivity index (χ1) is 14.3. The van der Waals surface area contributed by atoms with E-state index in [-0.39, 0.29) is 5.57 Å². The van der Waals surface area contributed by atoms with E-state index >= 15 is 0 Å². The molecular formula is C23H27N3O4. The normalized spacial score (nSPS) is 11.2. The van der Waals surface area contributed by atoms with Crippen LogP contribution in [0.3, 0.4) is 0 Å². The lowest BCUT2D eigenvalue weighted by molar-refractivity contribution is -0.144. The summed E-state index contributed by atoms with van der Waals surface area (Å²) in [6.07, 6.45) is 1.48. The standard InChI is InChI=1S/C23H27N3O4/c1-15(2)13-25-22(27)14-30-23(28)19(12-24)11-18-10-16(3)26(17(18)4)20-6-8-21(29-5)9-7-20/h6-11,15H,13-14H2,1-5H3,(H,25,27)/b19-11+. The van der Waals surface area contributed by atoms with E-state index in [0.717, 1.165) is 28.4 Å². The Morgan fingerprint density at radius 1 is 1.23 bits per heavy atom. The van der Waals surface area contributed by atoms with Gasteiger partial charge >= 0.3 is 5.97 Å². The molecule has 2 aromatic rings. The molecule has 30 heavy (non-hydrogen) atoms. The second-order valence-corrected chi connectivity index (χ2v) is 7.30. The third kappa shape index (κ3) is 5.74. The largest absolute Gasteiger partial charge is 0.497 e. The van der Waals surface area contributed by atoms with Crippen LogP contribution in [0.2, 0.25) is 0 Å². The first kappa shape index (κ1) is 22.8. The molecule has 2 rings (SSSR count). The maximum Gasteiger partial charge on any atom is 0.349 e. The molecule has 0 radical (unpaired) electrons. The van der Waals surface area contributed by atoms with E-state index in [4.69, 9.17) is 9.47 Å². The second kappa shape index (κ2) is 10.3. The highest BCUT2D eigenvalue weighted by Gasteiger charge is 2.16. The van der Waals surface area contributed by atoms with Gasteiger partial charge in [-0.25, -0.2) is 4.79 Å². The van der Waals surface area contributed by atoms with Crippen LogP contribution in [0.15, 0.2) is 35.9 Å². The molecule has 1 aromatic heterocycles. The SMILES string of the molecule is COc1ccc(-n2c(C)cc(/C=C(\C#N)C(=O)OCC(=O)NCC(C)C)c2C)cc1. The van der Waals surface area contributed by atoms with Gasteiger partial charge in [0.1, 0.15) is 17.4 Å². The van der Waals surface area contributed by atoms with E-state index in [1.54, 1.807) is 7.11 Å². The molecule has 0 saturated carbocycles. The Kier molecular flexibility index (Phi) is 7.82. The predicted molar refractivity (Wildman–Crippen MR) is 114 cm³/mol. The van der Waals surface area contributed by atoms with E-state index in [1.165, 1.54) is 6.08 Å². The van der Waals surface area contributed by atoms with E-state index in [1.807, 2.05) is 68.7 Å². The lowest BCUT2D eigenvalue weighted by atomic mass is 10.1. The Morgan fingerprint density at radius 2 is 1.90 bits per heavy atom. The average Bonchev–Trinajstić information content (AvgIpc) is 3.01. The zero-order valence-corrected chi connectivity index (χ0v) is 18.0. The highest BCUT2D eigenvalue weighted by Crippen LogP contribution is 2.24. The number of amides is 1. The van der Waals surface area contributed by atoms with Gasteiger partial charge in [-0.15, -0.1) is 0 Å². The number of hydrogen-bond acceptors (Lipinski definition) is 5. The highest BCUT2D eigenvalue weighted by atomic mass is 16.5. The van der Waals surface area contributed by atoms with Gasteiger partial charge in [-0.05, 0) is 61.7 Å². The Hall–Kier alpha value is -3.53. The summed E-state index contributed by atoms with van der Waals surface area (Å²) in [5, 5.41) is 12.1. The molecule has 0 spiro atoms. The third-order valence-corrected chi connectivity index (χ3v) is 4.48. The summed E-state index contributed by atoms with van der Waals surface area (Å²) in [4.78, 5) is 24.0. The first-order valence-corrected chi connectivity index (χ1v) is 9.65. The van der Waals surface area contributed by atoms with Crippen LogP contribution < -0.4 is 10.1 Å². The van der Waals surface area contributed by atoms with Gasteiger partial charge in [-0.3, -0.25) is 4.79 Å². The number of ether oxygens (including phenoxy) is 2. The Balaban J connectivity index is 2.18. The minimum absolute atomic E-state index is 0.165. The quantitative estimate of drug-likeness (QED) is 0.410. The number of benzene rings is 1. The summed E-state index contributed by atoms with van der Waals surface area (Å²) in [7, 11) is 1.61. The number of methoxy groups -OCH3 is 1. The molecule has 1 amide bonds. The molecule has 1 heterocycles. The molecule has 0 fully saturated rings. The Labute approximate surface area is 176 Å². The fourth-order valence-electron chi connectivity index (χ4n) is 2.93. The number of esters is 1. The fourth-order valence-corrected chi connectivity index (χ4v) is 2.93. The van der Waals surface area contributed by atoms with Crippen molar-refractivity contribution in [1.82, 2.24) is 9.88 Å². The van der Waals surface area contributed by atoms with Crippen LogP contribution in [0.1, 0.15) is 30.8 Å². The first-order valence-electron chi connectivity index (χ1n) is 9.65. The molecule has 1 N–H and O–H groups in total. The topological polar surface area (TPSA) is 93.3 Å². The molecular weight excluding hydrogens is 382 g/mol. The third-order valence-electron chi connectivity index (χ3n) is 4.48. The van der Waals surface area contributed by atoms with Gasteiger partial charge in [0.25, 0.3) is 5.91 Å². The van der Waals surface area contributed by atoms with Crippen molar-refractivity contribution >= 4 is 18.0 Å². The van der Waals surface area contributed by atoms with Crippen LogP contribution in [0.5, 0.6) is 5.75 Å². The number of hydrogen-bond donors (Lipinski definition) is 1. The number of nitrogens with zero attached hydrogens (tertiary/aromatic N) is 2. The summed E-state index contributed by atoms with van der Waals surface area (Å²) in [6.45, 7) is 7.85. The van der Waals surface area contributed by atoms with Gasteiger partial charge in [0, 0.05) is 23.6 Å². The zero-order chi connectivity index (χ0) is 22.3. The number of nitriles is 1. The molecule has 0 atom stereocenters. The number of carbonyl (C=O) groups excluding carboxylic acids is 2. The predicted octanol–water partition coefficient (Wildman–Crippen LogP) is 3.33. The summed E-state index contributed by atoms with van der Waals surface area (Å²) >= 11 is 0. The molecule has 7 heteroatoms. The maximum atomic E-state index is 12.3. The Bertz CT molecular complexity index is 979. The number of aromatic nitrogens is 1. The van der Waals surface area contributed by atoms with Crippen molar-refractivity contribution in [3.8, 4) is 17.5 Å². The summed E-state index contributed by atoms with van der Waals surface area (Å²) in [5.41, 5.74) is 3.31. The van der Waals surface area contributed by atoms with Crippen molar-refractivity contribution in [3.05, 3.63) is 52.9 Å². The van der Waals surface area contributed by atoms with Gasteiger partial charge in [-0.1, -0.05) is 13.8 Å². The van der Waals surface area contributed by atoms with Gasteiger partial charge < -0.3 is 19.4 Å². The molecule has 1 aromatic carbocycles. The van der Waals surface area contributed by atoms with Crippen molar-refractivity contribution in [3.63, 3.8) is 0 Å². The molecule has 0 unspecified atom stereocenters. The van der Waals surface area contributed by atoms with Crippen molar-refractivity contribution in [2.75, 3.05) is 20.3 Å². The van der Waals surface area contributed by atoms with E-state index < -0.39 is 18.5 Å². The zero-order valence-electron chi connectivity index (χ0n) is 18.0. The molecule has 0 saturated heterocycles. The monoisotopic (exact) mass is 409 g/mol. The minimum Gasteiger partial charge on any atom is -0.497 e. The Morgan fingerprint density at radius 3 is 2.47 bits per heavy atom. The van der Waals surface area contributed by atoms with Crippen molar-refractivity contribution in [2.45, 2.75) is 27.7 Å². The average molecular weight is 409 g/mol. The van der Waals surface area contributed by atoms with Gasteiger partial charge in [0.2, 0.25) is 0 Å². The summed E-state index contributed by atoms with van der Waals surface area (Å²) in [5.74, 6) is -0.174. The van der Waals surface area contributed by atoms with Crippen molar-refractivity contribution < 1.29 is 19.1 Å². The minimum atomic E-state index is -0.827. The van der Waals surface area contributed by atoms with Crippen LogP contribution in [-0.2, 0) is 14.3 Å². The van der Waals surface area contributed by atoms with Crippen LogP contribution >= 0.6 is 0 Å². The summed E-state index contributed by atoms with van der Waals surface area (Å²) < 4.78 is 12.2. The van der Waals surface area contributed by atoms with Crippen LogP contribution in [0.25, 0.3) is 11.8 Å². The second-order valence-electron chi connectivity index (χ2n) is 7.30.